The third kappa shape index (κ3) is 0.935. The molecular weight excluding hydrogens is 131 g/mol. The monoisotopic (exact) mass is 144 g/mol. The van der Waals surface area contributed by atoms with Gasteiger partial charge in [-0.2, -0.15) is 0 Å². The van der Waals surface area contributed by atoms with E-state index in [-0.39, 0.29) is 0 Å². The van der Waals surface area contributed by atoms with Crippen molar-refractivity contribution < 1.29 is 4.48 Å². The molecule has 0 saturated carbocycles. The Balaban J connectivity index is 1.90. The molecule has 2 saturated heterocycles. The van der Waals surface area contributed by atoms with Crippen molar-refractivity contribution in [3.05, 3.63) is 0 Å². The molecular formula is C7H13FN2. The fourth-order valence-electron chi connectivity index (χ4n) is 1.81. The molecule has 1 N–H and O–H groups in total. The van der Waals surface area contributed by atoms with E-state index in [1.165, 1.54) is 6.42 Å². The summed E-state index contributed by atoms with van der Waals surface area (Å²) in [7, 11) is 0. The van der Waals surface area contributed by atoms with Gasteiger partial charge in [0.25, 0.3) is 0 Å². The molecule has 3 heteroatoms. The summed E-state index contributed by atoms with van der Waals surface area (Å²) in [6.07, 6.45) is 3.23. The Labute approximate surface area is 60.3 Å². The van der Waals surface area contributed by atoms with Crippen LogP contribution in [0.3, 0.4) is 0 Å². The molecule has 2 fully saturated rings. The summed E-state index contributed by atoms with van der Waals surface area (Å²) >= 11 is 0. The Hall–Kier alpha value is -0.150. The molecule has 0 amide bonds. The van der Waals surface area contributed by atoms with Crippen molar-refractivity contribution in [2.75, 3.05) is 19.6 Å². The number of nitrogens with zero attached hydrogens (tertiary/aromatic N) is 1. The van der Waals surface area contributed by atoms with E-state index < -0.39 is 0 Å². The molecule has 0 aromatic heterocycles. The maximum absolute atomic E-state index is 12.5. The first-order chi connectivity index (χ1) is 4.81. The maximum atomic E-state index is 12.5. The maximum Gasteiger partial charge on any atom is 0.0308 e. The lowest BCUT2D eigenvalue weighted by atomic mass is 9.79. The zero-order valence-corrected chi connectivity index (χ0v) is 6.07. The van der Waals surface area contributed by atoms with E-state index in [9.17, 15) is 4.48 Å². The van der Waals surface area contributed by atoms with Gasteiger partial charge in [-0.1, -0.05) is 0 Å². The number of nitrogens with one attached hydrogen (secondary N) is 1. The summed E-state index contributed by atoms with van der Waals surface area (Å²) in [6.45, 7) is 2.37. The fourth-order valence-corrected chi connectivity index (χ4v) is 1.81. The SMILES string of the molecule is FN1CCC2(CCN2)CC1. The number of hydrogen-bond acceptors (Lipinski definition) is 2. The second kappa shape index (κ2) is 2.17. The average molecular weight is 144 g/mol. The van der Waals surface area contributed by atoms with Gasteiger partial charge in [-0.25, -0.2) is 0 Å². The summed E-state index contributed by atoms with van der Waals surface area (Å²) in [4.78, 5) is 0. The van der Waals surface area contributed by atoms with Crippen LogP contribution in [-0.4, -0.2) is 30.3 Å². The predicted molar refractivity (Wildman–Crippen MR) is 37.3 cm³/mol. The van der Waals surface area contributed by atoms with Gasteiger partial charge < -0.3 is 5.32 Å². The molecule has 58 valence electrons. The summed E-state index contributed by atoms with van der Waals surface area (Å²) in [5.74, 6) is 0. The molecule has 0 bridgehead atoms. The van der Waals surface area contributed by atoms with Crippen LogP contribution in [0, 0.1) is 0 Å². The molecule has 1 spiro atoms. The molecule has 10 heavy (non-hydrogen) atoms. The van der Waals surface area contributed by atoms with Gasteiger partial charge in [-0.05, 0) is 25.8 Å². The molecule has 0 aliphatic carbocycles. The van der Waals surface area contributed by atoms with Crippen LogP contribution in [0.25, 0.3) is 0 Å². The number of halogens is 1. The van der Waals surface area contributed by atoms with Gasteiger partial charge in [0.05, 0.1) is 0 Å². The van der Waals surface area contributed by atoms with E-state index in [2.05, 4.69) is 5.32 Å². The normalized spacial score (nSPS) is 32.1. The highest BCUT2D eigenvalue weighted by molar-refractivity contribution is 4.98. The molecule has 2 aliphatic rings. The highest BCUT2D eigenvalue weighted by Crippen LogP contribution is 2.30. The van der Waals surface area contributed by atoms with Gasteiger partial charge in [-0.3, -0.25) is 0 Å². The third-order valence-electron chi connectivity index (χ3n) is 2.77. The lowest BCUT2D eigenvalue weighted by Crippen LogP contribution is -2.61. The summed E-state index contributed by atoms with van der Waals surface area (Å²) in [5, 5.41) is 4.31. The number of piperidine rings is 1. The first-order valence-corrected chi connectivity index (χ1v) is 3.97. The van der Waals surface area contributed by atoms with E-state index >= 15 is 0 Å². The van der Waals surface area contributed by atoms with Crippen molar-refractivity contribution in [3.8, 4) is 0 Å². The Morgan fingerprint density at radius 2 is 1.80 bits per heavy atom. The lowest BCUT2D eigenvalue weighted by molar-refractivity contribution is -0.0365. The first-order valence-electron chi connectivity index (χ1n) is 3.97. The molecule has 0 radical (unpaired) electrons. The average Bonchev–Trinajstić information content (AvgIpc) is 1.86. The molecule has 2 rings (SSSR count). The molecule has 0 aromatic rings. The highest BCUT2D eigenvalue weighted by atomic mass is 19.2. The zero-order valence-electron chi connectivity index (χ0n) is 6.07. The van der Waals surface area contributed by atoms with E-state index in [1.807, 2.05) is 0 Å². The van der Waals surface area contributed by atoms with Crippen LogP contribution in [0.2, 0.25) is 0 Å². The Morgan fingerprint density at radius 3 is 2.20 bits per heavy atom. The van der Waals surface area contributed by atoms with Crippen LogP contribution in [0.5, 0.6) is 0 Å². The van der Waals surface area contributed by atoms with Gasteiger partial charge in [0.15, 0.2) is 0 Å². The topological polar surface area (TPSA) is 15.3 Å². The van der Waals surface area contributed by atoms with E-state index in [1.54, 1.807) is 0 Å². The Morgan fingerprint density at radius 1 is 1.20 bits per heavy atom. The van der Waals surface area contributed by atoms with Crippen LogP contribution in [0.15, 0.2) is 0 Å². The summed E-state index contributed by atoms with van der Waals surface area (Å²) < 4.78 is 12.5. The van der Waals surface area contributed by atoms with Gasteiger partial charge in [0.1, 0.15) is 0 Å². The van der Waals surface area contributed by atoms with Gasteiger partial charge in [0.2, 0.25) is 0 Å². The minimum atomic E-state index is 0.350. The minimum Gasteiger partial charge on any atom is -0.311 e. The predicted octanol–water partition coefficient (Wildman–Crippen LogP) is 0.699. The van der Waals surface area contributed by atoms with Crippen molar-refractivity contribution in [1.29, 1.82) is 0 Å². The molecule has 0 atom stereocenters. The van der Waals surface area contributed by atoms with E-state index in [0.717, 1.165) is 24.5 Å². The second-order valence-electron chi connectivity index (χ2n) is 3.37. The molecule has 2 heterocycles. The quantitative estimate of drug-likeness (QED) is 0.503. The third-order valence-corrected chi connectivity index (χ3v) is 2.77. The van der Waals surface area contributed by atoms with Crippen molar-refractivity contribution in [2.45, 2.75) is 24.8 Å². The Kier molecular flexibility index (Phi) is 1.42. The standard InChI is InChI=1S/C7H13FN2/c8-10-5-2-7(3-6-10)1-4-9-7/h9H,1-6H2. The van der Waals surface area contributed by atoms with Crippen LogP contribution < -0.4 is 5.32 Å². The highest BCUT2D eigenvalue weighted by Gasteiger charge is 2.39. The van der Waals surface area contributed by atoms with E-state index in [0.29, 0.717) is 18.6 Å². The minimum absolute atomic E-state index is 0.350. The smallest absolute Gasteiger partial charge is 0.0308 e. The molecule has 0 aromatic carbocycles. The van der Waals surface area contributed by atoms with Crippen LogP contribution in [0.4, 0.5) is 4.48 Å². The number of hydrogen-bond donors (Lipinski definition) is 1. The zero-order chi connectivity index (χ0) is 7.03. The van der Waals surface area contributed by atoms with Crippen molar-refractivity contribution in [2.24, 2.45) is 0 Å². The lowest BCUT2D eigenvalue weighted by Gasteiger charge is -2.47. The van der Waals surface area contributed by atoms with Gasteiger partial charge in [0, 0.05) is 18.6 Å². The van der Waals surface area contributed by atoms with Crippen LogP contribution in [0.1, 0.15) is 19.3 Å². The Bertz CT molecular complexity index is 124. The fraction of sp³-hybridized carbons (Fsp3) is 1.00. The van der Waals surface area contributed by atoms with Crippen molar-refractivity contribution in [1.82, 2.24) is 10.4 Å². The number of rotatable bonds is 0. The van der Waals surface area contributed by atoms with Crippen LogP contribution in [-0.2, 0) is 0 Å². The van der Waals surface area contributed by atoms with Crippen molar-refractivity contribution in [3.63, 3.8) is 0 Å². The summed E-state index contributed by atoms with van der Waals surface area (Å²) in [6, 6.07) is 0. The van der Waals surface area contributed by atoms with Gasteiger partial charge in [-0.15, -0.1) is 9.60 Å². The summed E-state index contributed by atoms with van der Waals surface area (Å²) in [5.41, 5.74) is 0.350. The van der Waals surface area contributed by atoms with E-state index in [4.69, 9.17) is 0 Å². The second-order valence-corrected chi connectivity index (χ2v) is 3.37. The van der Waals surface area contributed by atoms with Gasteiger partial charge >= 0.3 is 0 Å². The van der Waals surface area contributed by atoms with Crippen molar-refractivity contribution >= 4 is 0 Å². The first kappa shape index (κ1) is 6.55. The molecule has 0 unspecified atom stereocenters. The van der Waals surface area contributed by atoms with Crippen LogP contribution >= 0.6 is 0 Å². The molecule has 2 nitrogen and oxygen atoms in total. The largest absolute Gasteiger partial charge is 0.311 e. The molecule has 2 aliphatic heterocycles.